The van der Waals surface area contributed by atoms with Crippen LogP contribution in [0.25, 0.3) is 17.0 Å². The van der Waals surface area contributed by atoms with Crippen molar-refractivity contribution in [2.45, 2.75) is 6.61 Å². The molecule has 1 aromatic carbocycles. The first-order valence-corrected chi connectivity index (χ1v) is 6.79. The molecule has 2 aromatic rings. The number of fused-ring (bicyclic) bond motifs is 1. The number of hydrogen-bond donors (Lipinski definition) is 4. The second-order valence-corrected chi connectivity index (χ2v) is 5.14. The lowest BCUT2D eigenvalue weighted by molar-refractivity contribution is 0.282. The first kappa shape index (κ1) is 13.8. The molecule has 1 aliphatic rings. The molecule has 6 heteroatoms. The Hall–Kier alpha value is -2.18. The molecule has 0 saturated carbocycles. The number of aryl methyl sites for hydroxylation is 1. The number of anilines is 1. The molecule has 0 spiro atoms. The van der Waals surface area contributed by atoms with Crippen LogP contribution in [0, 0.1) is 0 Å². The molecule has 0 atom stereocenters. The van der Waals surface area contributed by atoms with Gasteiger partial charge in [-0.3, -0.25) is 0 Å². The quantitative estimate of drug-likeness (QED) is 0.496. The van der Waals surface area contributed by atoms with Crippen LogP contribution in [0.15, 0.2) is 12.1 Å². The highest BCUT2D eigenvalue weighted by atomic mass is 16.3. The minimum atomic E-state index is -0.265. The lowest BCUT2D eigenvalue weighted by Gasteiger charge is -2.10. The van der Waals surface area contributed by atoms with Gasteiger partial charge in [-0.1, -0.05) is 6.08 Å². The van der Waals surface area contributed by atoms with E-state index >= 15 is 0 Å². The van der Waals surface area contributed by atoms with Crippen molar-refractivity contribution in [3.63, 3.8) is 0 Å². The summed E-state index contributed by atoms with van der Waals surface area (Å²) >= 11 is 0. The van der Waals surface area contributed by atoms with Crippen LogP contribution in [0.5, 0.6) is 11.5 Å². The fraction of sp³-hybridized carbons (Fsp3) is 0.333. The molecule has 1 fully saturated rings. The highest BCUT2D eigenvalue weighted by Crippen LogP contribution is 2.45. The van der Waals surface area contributed by atoms with Crippen LogP contribution in [0.1, 0.15) is 11.3 Å². The summed E-state index contributed by atoms with van der Waals surface area (Å²) in [7, 11) is 1.74. The Morgan fingerprint density at radius 2 is 1.95 bits per heavy atom. The van der Waals surface area contributed by atoms with Gasteiger partial charge in [0.15, 0.2) is 0 Å². The molecule has 0 aliphatic carbocycles. The number of aliphatic hydroxyl groups is 2. The zero-order valence-electron chi connectivity index (χ0n) is 11.7. The van der Waals surface area contributed by atoms with Gasteiger partial charge in [0.05, 0.1) is 29.8 Å². The van der Waals surface area contributed by atoms with Gasteiger partial charge in [0.25, 0.3) is 0 Å². The molecule has 21 heavy (non-hydrogen) atoms. The van der Waals surface area contributed by atoms with E-state index in [0.717, 1.165) is 13.1 Å². The van der Waals surface area contributed by atoms with Crippen molar-refractivity contribution in [1.29, 1.82) is 0 Å². The fourth-order valence-electron chi connectivity index (χ4n) is 2.78. The van der Waals surface area contributed by atoms with Crippen molar-refractivity contribution < 1.29 is 20.4 Å². The van der Waals surface area contributed by atoms with Crippen molar-refractivity contribution in [3.05, 3.63) is 23.4 Å². The van der Waals surface area contributed by atoms with Gasteiger partial charge in [0.2, 0.25) is 0 Å². The predicted octanol–water partition coefficient (Wildman–Crippen LogP) is 0.907. The van der Waals surface area contributed by atoms with Crippen LogP contribution in [-0.2, 0) is 13.7 Å². The van der Waals surface area contributed by atoms with E-state index < -0.39 is 0 Å². The minimum absolute atomic E-state index is 0.0607. The van der Waals surface area contributed by atoms with E-state index in [2.05, 4.69) is 0 Å². The lowest BCUT2D eigenvalue weighted by Crippen LogP contribution is -1.94. The highest BCUT2D eigenvalue weighted by Gasteiger charge is 2.27. The minimum Gasteiger partial charge on any atom is -0.506 e. The summed E-state index contributed by atoms with van der Waals surface area (Å²) < 4.78 is 1.70. The van der Waals surface area contributed by atoms with Gasteiger partial charge >= 0.3 is 0 Å². The van der Waals surface area contributed by atoms with E-state index in [0.29, 0.717) is 27.8 Å². The largest absolute Gasteiger partial charge is 0.506 e. The van der Waals surface area contributed by atoms with E-state index in [4.69, 9.17) is 5.11 Å². The maximum atomic E-state index is 10.5. The molecule has 0 radical (unpaired) electrons. The lowest BCUT2D eigenvalue weighted by atomic mass is 10.1. The molecule has 112 valence electrons. The Morgan fingerprint density at radius 1 is 1.24 bits per heavy atom. The van der Waals surface area contributed by atoms with Gasteiger partial charge in [0.1, 0.15) is 11.5 Å². The number of phenols is 2. The van der Waals surface area contributed by atoms with Crippen LogP contribution in [0.4, 0.5) is 5.69 Å². The van der Waals surface area contributed by atoms with Gasteiger partial charge in [0, 0.05) is 37.5 Å². The fourth-order valence-corrected chi connectivity index (χ4v) is 2.78. The summed E-state index contributed by atoms with van der Waals surface area (Å²) in [6.07, 6.45) is 3.22. The number of aromatic nitrogens is 1. The molecule has 3 rings (SSSR count). The van der Waals surface area contributed by atoms with E-state index in [1.54, 1.807) is 29.8 Å². The molecule has 1 saturated heterocycles. The maximum Gasteiger partial charge on any atom is 0.148 e. The molecule has 6 nitrogen and oxygen atoms in total. The topological polar surface area (TPSA) is 88.9 Å². The van der Waals surface area contributed by atoms with Crippen molar-refractivity contribution in [2.75, 3.05) is 24.6 Å². The predicted molar refractivity (Wildman–Crippen MR) is 80.5 cm³/mol. The molecule has 4 N–H and O–H groups in total. The normalized spacial score (nSPS) is 14.5. The Balaban J connectivity index is 2.36. The van der Waals surface area contributed by atoms with Gasteiger partial charge in [-0.05, 0) is 6.08 Å². The first-order chi connectivity index (χ1) is 10.1. The first-order valence-electron chi connectivity index (χ1n) is 6.79. The molecule has 1 aliphatic heterocycles. The average Bonchev–Trinajstić information content (AvgIpc) is 3.25. The zero-order valence-corrected chi connectivity index (χ0v) is 11.7. The van der Waals surface area contributed by atoms with Gasteiger partial charge in [-0.15, -0.1) is 0 Å². The monoisotopic (exact) mass is 290 g/mol. The summed E-state index contributed by atoms with van der Waals surface area (Å²) in [5, 5.41) is 39.8. The summed E-state index contributed by atoms with van der Waals surface area (Å²) in [4.78, 5) is 1.94. The number of rotatable bonds is 4. The molecule has 2 heterocycles. The van der Waals surface area contributed by atoms with Crippen LogP contribution >= 0.6 is 0 Å². The molecular formula is C15H18N2O4. The number of hydrogen-bond acceptors (Lipinski definition) is 5. The summed E-state index contributed by atoms with van der Waals surface area (Å²) in [6.45, 7) is 1.30. The van der Waals surface area contributed by atoms with E-state index in [1.807, 2.05) is 4.90 Å². The molecule has 0 bridgehead atoms. The number of aromatic hydroxyl groups is 2. The third-order valence-electron chi connectivity index (χ3n) is 3.87. The Kier molecular flexibility index (Phi) is 3.27. The maximum absolute atomic E-state index is 10.5. The molecule has 0 unspecified atom stereocenters. The van der Waals surface area contributed by atoms with Crippen LogP contribution in [0.3, 0.4) is 0 Å². The smallest absolute Gasteiger partial charge is 0.148 e. The van der Waals surface area contributed by atoms with E-state index in [-0.39, 0.29) is 24.7 Å². The second-order valence-electron chi connectivity index (χ2n) is 5.14. The third-order valence-corrected chi connectivity index (χ3v) is 3.87. The van der Waals surface area contributed by atoms with Gasteiger partial charge in [-0.2, -0.15) is 0 Å². The Labute approximate surface area is 121 Å². The number of aliphatic hydroxyl groups excluding tert-OH is 2. The van der Waals surface area contributed by atoms with Gasteiger partial charge < -0.3 is 29.9 Å². The SMILES string of the molecule is Cn1c(/C=C/CO)c(CO)c2c(O)c(N3CC3)cc(O)c21. The second kappa shape index (κ2) is 4.98. The summed E-state index contributed by atoms with van der Waals surface area (Å²) in [5.74, 6) is 0.133. The summed E-state index contributed by atoms with van der Waals surface area (Å²) in [6, 6.07) is 1.55. The number of nitrogens with zero attached hydrogens (tertiary/aromatic N) is 2. The molecule has 1 aromatic heterocycles. The van der Waals surface area contributed by atoms with Crippen molar-refractivity contribution in [2.24, 2.45) is 7.05 Å². The Morgan fingerprint density at radius 3 is 2.52 bits per heavy atom. The van der Waals surface area contributed by atoms with Crippen LogP contribution in [0.2, 0.25) is 0 Å². The molecule has 0 amide bonds. The Bertz CT molecular complexity index is 729. The van der Waals surface area contributed by atoms with Gasteiger partial charge in [-0.25, -0.2) is 0 Å². The summed E-state index contributed by atoms with van der Waals surface area (Å²) in [5.41, 5.74) is 2.24. The van der Waals surface area contributed by atoms with E-state index in [1.165, 1.54) is 0 Å². The third kappa shape index (κ3) is 2.03. The standard InChI is InChI=1S/C15H18N2O4/c1-16-10(3-2-6-18)9(8-19)13-14(16)12(20)7-11(15(13)21)17-4-5-17/h2-3,7,18-21H,4-6,8H2,1H3/b3-2+. The van der Waals surface area contributed by atoms with Crippen molar-refractivity contribution in [1.82, 2.24) is 4.57 Å². The highest BCUT2D eigenvalue weighted by molar-refractivity contribution is 6.01. The average molecular weight is 290 g/mol. The van der Waals surface area contributed by atoms with Crippen molar-refractivity contribution in [3.8, 4) is 11.5 Å². The van der Waals surface area contributed by atoms with E-state index in [9.17, 15) is 15.3 Å². The van der Waals surface area contributed by atoms with Crippen molar-refractivity contribution >= 4 is 22.7 Å². The number of benzene rings is 1. The molecular weight excluding hydrogens is 272 g/mol. The van der Waals surface area contributed by atoms with Crippen LogP contribution < -0.4 is 4.90 Å². The van der Waals surface area contributed by atoms with Crippen LogP contribution in [-0.4, -0.2) is 44.7 Å². The number of phenolic OH excluding ortho intramolecular Hbond substituents is 2. The zero-order chi connectivity index (χ0) is 15.1.